The topological polar surface area (TPSA) is 76.1 Å². The molecular weight excluding hydrogens is 286 g/mol. The van der Waals surface area contributed by atoms with Gasteiger partial charge in [0.25, 0.3) is 0 Å². The Labute approximate surface area is 132 Å². The Morgan fingerprint density at radius 2 is 1.91 bits per heavy atom. The van der Waals surface area contributed by atoms with Crippen LogP contribution in [0.15, 0.2) is 0 Å². The van der Waals surface area contributed by atoms with E-state index in [-0.39, 0.29) is 12.0 Å². The minimum absolute atomic E-state index is 0.0396. The molecule has 128 valence electrons. The molecule has 6 nitrogen and oxygen atoms in total. The van der Waals surface area contributed by atoms with E-state index in [4.69, 9.17) is 14.6 Å². The highest BCUT2D eigenvalue weighted by Crippen LogP contribution is 2.33. The number of carbonyl (C=O) groups is 2. The van der Waals surface area contributed by atoms with E-state index in [0.717, 1.165) is 0 Å². The summed E-state index contributed by atoms with van der Waals surface area (Å²) in [5.74, 6) is -1.21. The summed E-state index contributed by atoms with van der Waals surface area (Å²) in [7, 11) is 0. The highest BCUT2D eigenvalue weighted by atomic mass is 16.6. The number of carbonyl (C=O) groups excluding carboxylic acids is 1. The number of ether oxygens (including phenoxy) is 2. The van der Waals surface area contributed by atoms with E-state index < -0.39 is 29.3 Å². The van der Waals surface area contributed by atoms with E-state index in [1.54, 1.807) is 11.8 Å². The fraction of sp³-hybridized carbons (Fsp3) is 0.875. The van der Waals surface area contributed by atoms with E-state index >= 15 is 0 Å². The van der Waals surface area contributed by atoms with Crippen LogP contribution >= 0.6 is 0 Å². The molecule has 0 aromatic carbocycles. The molecule has 0 aromatic heterocycles. The molecule has 1 amide bonds. The van der Waals surface area contributed by atoms with Crippen LogP contribution in [0.1, 0.15) is 54.9 Å². The van der Waals surface area contributed by atoms with E-state index in [1.165, 1.54) is 0 Å². The molecule has 3 unspecified atom stereocenters. The normalized spacial score (nSPS) is 24.0. The number of carboxylic acids is 1. The minimum Gasteiger partial charge on any atom is -0.481 e. The van der Waals surface area contributed by atoms with Crippen LogP contribution in [0.5, 0.6) is 0 Å². The van der Waals surface area contributed by atoms with Gasteiger partial charge in [0, 0.05) is 0 Å². The molecule has 6 heteroatoms. The number of aliphatic carboxylic acids is 1. The summed E-state index contributed by atoms with van der Waals surface area (Å²) in [6, 6.07) is 0. The molecule has 0 bridgehead atoms. The average Bonchev–Trinajstić information content (AvgIpc) is 2.62. The van der Waals surface area contributed by atoms with Crippen molar-refractivity contribution in [3.8, 4) is 0 Å². The Morgan fingerprint density at radius 3 is 2.36 bits per heavy atom. The third kappa shape index (κ3) is 4.87. The Morgan fingerprint density at radius 1 is 1.36 bits per heavy atom. The van der Waals surface area contributed by atoms with Crippen LogP contribution in [0.25, 0.3) is 0 Å². The zero-order chi connectivity index (χ0) is 17.3. The average molecular weight is 315 g/mol. The van der Waals surface area contributed by atoms with Crippen LogP contribution in [0.3, 0.4) is 0 Å². The lowest BCUT2D eigenvalue weighted by atomic mass is 9.93. The number of carboxylic acid groups (broad SMARTS) is 1. The van der Waals surface area contributed by atoms with Crippen molar-refractivity contribution in [3.05, 3.63) is 0 Å². The first-order valence-electron chi connectivity index (χ1n) is 7.74. The van der Waals surface area contributed by atoms with E-state index in [9.17, 15) is 9.59 Å². The van der Waals surface area contributed by atoms with Crippen molar-refractivity contribution in [2.24, 2.45) is 11.8 Å². The summed E-state index contributed by atoms with van der Waals surface area (Å²) < 4.78 is 11.4. The fourth-order valence-electron chi connectivity index (χ4n) is 2.59. The zero-order valence-electron chi connectivity index (χ0n) is 14.7. The summed E-state index contributed by atoms with van der Waals surface area (Å²) in [5, 5.41) is 9.02. The molecule has 1 aliphatic heterocycles. The number of rotatable bonds is 4. The van der Waals surface area contributed by atoms with Gasteiger partial charge in [-0.2, -0.15) is 0 Å². The van der Waals surface area contributed by atoms with Crippen molar-refractivity contribution in [2.45, 2.75) is 72.3 Å². The molecule has 1 saturated heterocycles. The van der Waals surface area contributed by atoms with Crippen LogP contribution in [-0.4, -0.2) is 46.0 Å². The largest absolute Gasteiger partial charge is 0.481 e. The highest BCUT2D eigenvalue weighted by molar-refractivity contribution is 5.70. The van der Waals surface area contributed by atoms with Gasteiger partial charge < -0.3 is 14.6 Å². The summed E-state index contributed by atoms with van der Waals surface area (Å²) >= 11 is 0. The molecule has 0 spiro atoms. The molecular formula is C16H29NO5. The monoisotopic (exact) mass is 315 g/mol. The van der Waals surface area contributed by atoms with Crippen molar-refractivity contribution in [2.75, 3.05) is 6.54 Å². The van der Waals surface area contributed by atoms with Gasteiger partial charge in [-0.25, -0.2) is 4.79 Å². The maximum Gasteiger partial charge on any atom is 0.412 e. The van der Waals surface area contributed by atoms with E-state index in [1.807, 2.05) is 41.5 Å². The Balaban J connectivity index is 2.73. The van der Waals surface area contributed by atoms with Crippen molar-refractivity contribution in [3.63, 3.8) is 0 Å². The molecule has 1 heterocycles. The van der Waals surface area contributed by atoms with Crippen LogP contribution < -0.4 is 0 Å². The zero-order valence-corrected chi connectivity index (χ0v) is 14.7. The summed E-state index contributed by atoms with van der Waals surface area (Å²) in [6.45, 7) is 13.2. The SMILES string of the molecule is CC(CC(C)C1CN(C(=O)OC(C)(C)C)C(C)(C)O1)C(=O)O. The summed E-state index contributed by atoms with van der Waals surface area (Å²) in [6.07, 6.45) is -0.0825. The van der Waals surface area contributed by atoms with Gasteiger partial charge in [0.1, 0.15) is 11.3 Å². The molecule has 1 rings (SSSR count). The maximum atomic E-state index is 12.3. The molecule has 3 atom stereocenters. The molecule has 0 aliphatic carbocycles. The van der Waals surface area contributed by atoms with Crippen molar-refractivity contribution in [1.29, 1.82) is 0 Å². The predicted octanol–water partition coefficient (Wildman–Crippen LogP) is 3.11. The van der Waals surface area contributed by atoms with Gasteiger partial charge >= 0.3 is 12.1 Å². The maximum absolute atomic E-state index is 12.3. The Kier molecular flexibility index (Phi) is 5.49. The van der Waals surface area contributed by atoms with Crippen LogP contribution in [0, 0.1) is 11.8 Å². The summed E-state index contributed by atoms with van der Waals surface area (Å²) in [4.78, 5) is 24.9. The smallest absolute Gasteiger partial charge is 0.412 e. The molecule has 0 saturated carbocycles. The predicted molar refractivity (Wildman–Crippen MR) is 82.5 cm³/mol. The molecule has 22 heavy (non-hydrogen) atoms. The second-order valence-electron chi connectivity index (χ2n) is 7.65. The second kappa shape index (κ2) is 6.44. The fourth-order valence-corrected chi connectivity index (χ4v) is 2.59. The lowest BCUT2D eigenvalue weighted by Crippen LogP contribution is -2.46. The number of nitrogens with zero attached hydrogens (tertiary/aromatic N) is 1. The molecule has 0 radical (unpaired) electrons. The van der Waals surface area contributed by atoms with Gasteiger partial charge in [-0.05, 0) is 47.0 Å². The van der Waals surface area contributed by atoms with Crippen molar-refractivity contribution < 1.29 is 24.2 Å². The molecule has 0 aromatic rings. The number of hydrogen-bond acceptors (Lipinski definition) is 4. The van der Waals surface area contributed by atoms with Gasteiger partial charge in [-0.3, -0.25) is 9.69 Å². The van der Waals surface area contributed by atoms with Crippen LogP contribution in [0.2, 0.25) is 0 Å². The third-order valence-corrected chi connectivity index (χ3v) is 3.85. The van der Waals surface area contributed by atoms with Crippen LogP contribution in [-0.2, 0) is 14.3 Å². The third-order valence-electron chi connectivity index (χ3n) is 3.85. The standard InChI is InChI=1S/C16H29NO5/c1-10(8-11(2)13(18)19)12-9-17(16(6,7)21-12)14(20)22-15(3,4)5/h10-12H,8-9H2,1-7H3,(H,18,19). The first-order valence-corrected chi connectivity index (χ1v) is 7.74. The lowest BCUT2D eigenvalue weighted by molar-refractivity contribution is -0.142. The first kappa shape index (κ1) is 18.7. The molecule has 1 N–H and O–H groups in total. The quantitative estimate of drug-likeness (QED) is 0.862. The van der Waals surface area contributed by atoms with Gasteiger partial charge in [-0.1, -0.05) is 13.8 Å². The lowest BCUT2D eigenvalue weighted by Gasteiger charge is -2.31. The molecule has 1 aliphatic rings. The summed E-state index contributed by atoms with van der Waals surface area (Å²) in [5.41, 5.74) is -1.32. The first-order chi connectivity index (χ1) is 9.83. The van der Waals surface area contributed by atoms with Gasteiger partial charge in [0.15, 0.2) is 0 Å². The van der Waals surface area contributed by atoms with Crippen LogP contribution in [0.4, 0.5) is 4.79 Å². The Hall–Kier alpha value is -1.30. The second-order valence-corrected chi connectivity index (χ2v) is 7.65. The van der Waals surface area contributed by atoms with Gasteiger partial charge in [-0.15, -0.1) is 0 Å². The van der Waals surface area contributed by atoms with Gasteiger partial charge in [0.2, 0.25) is 0 Å². The van der Waals surface area contributed by atoms with Gasteiger partial charge in [0.05, 0.1) is 18.6 Å². The van der Waals surface area contributed by atoms with Crippen molar-refractivity contribution in [1.82, 2.24) is 4.90 Å². The highest BCUT2D eigenvalue weighted by Gasteiger charge is 2.45. The van der Waals surface area contributed by atoms with E-state index in [2.05, 4.69) is 0 Å². The Bertz CT molecular complexity index is 427. The minimum atomic E-state index is -0.812. The van der Waals surface area contributed by atoms with E-state index in [0.29, 0.717) is 13.0 Å². The van der Waals surface area contributed by atoms with Crippen molar-refractivity contribution >= 4 is 12.1 Å². The number of hydrogen-bond donors (Lipinski definition) is 1. The number of amides is 1. The molecule has 1 fully saturated rings.